The first-order chi connectivity index (χ1) is 7.25. The van der Waals surface area contributed by atoms with Gasteiger partial charge in [0.1, 0.15) is 11.5 Å². The van der Waals surface area contributed by atoms with Crippen LogP contribution in [0.15, 0.2) is 24.3 Å². The zero-order chi connectivity index (χ0) is 13.1. The third-order valence-electron chi connectivity index (χ3n) is 0.830. The second-order valence-electron chi connectivity index (χ2n) is 1.97. The van der Waals surface area contributed by atoms with Crippen molar-refractivity contribution in [3.63, 3.8) is 0 Å². The van der Waals surface area contributed by atoms with E-state index in [1.54, 1.807) is 6.07 Å². The van der Waals surface area contributed by atoms with Gasteiger partial charge in [0.25, 0.3) is 0 Å². The van der Waals surface area contributed by atoms with Crippen LogP contribution >= 0.6 is 0 Å². The van der Waals surface area contributed by atoms with Crippen LogP contribution in [0.3, 0.4) is 0 Å². The fraction of sp³-hybridized carbons (Fsp3) is 0. The summed E-state index contributed by atoms with van der Waals surface area (Å²) in [6.07, 6.45) is 0. The van der Waals surface area contributed by atoms with Crippen LogP contribution in [-0.4, -0.2) is 20.4 Å². The van der Waals surface area contributed by atoms with Gasteiger partial charge in [-0.25, -0.2) is 0 Å². The standard InChI is InChI=1S/C6H6O2.Co.2NO3/c7-5-2-1-3-6(8)4-5;;2*2-1(3)4/h1-4,7-8H;;;/q;+2;2*-1. The third kappa shape index (κ3) is 31.6. The molecule has 97 valence electrons. The molecule has 1 aromatic rings. The number of hydrogen-bond donors (Lipinski definition) is 2. The van der Waals surface area contributed by atoms with Gasteiger partial charge in [-0.05, 0) is 12.1 Å². The largest absolute Gasteiger partial charge is 2.00 e. The van der Waals surface area contributed by atoms with Crippen molar-refractivity contribution in [1.82, 2.24) is 0 Å². The molecule has 0 aliphatic carbocycles. The molecule has 10 nitrogen and oxygen atoms in total. The van der Waals surface area contributed by atoms with Gasteiger partial charge in [0.15, 0.2) is 0 Å². The van der Waals surface area contributed by atoms with Crippen LogP contribution in [0.4, 0.5) is 0 Å². The second kappa shape index (κ2) is 11.8. The molecule has 11 heteroatoms. The first-order valence-electron chi connectivity index (χ1n) is 3.36. The fourth-order valence-electron chi connectivity index (χ4n) is 0.493. The Morgan fingerprint density at radius 3 is 1.24 bits per heavy atom. The number of hydrogen-bond acceptors (Lipinski definition) is 8. The van der Waals surface area contributed by atoms with Crippen LogP contribution in [0.25, 0.3) is 0 Å². The molecule has 1 aromatic carbocycles. The van der Waals surface area contributed by atoms with Gasteiger partial charge in [-0.3, -0.25) is 0 Å². The van der Waals surface area contributed by atoms with E-state index < -0.39 is 10.2 Å². The summed E-state index contributed by atoms with van der Waals surface area (Å²) in [5.41, 5.74) is 0. The zero-order valence-electron chi connectivity index (χ0n) is 7.88. The van der Waals surface area contributed by atoms with Crippen LogP contribution in [-0.2, 0) is 16.8 Å². The Balaban J connectivity index is -0.000000189. The summed E-state index contributed by atoms with van der Waals surface area (Å²) in [7, 11) is 0. The van der Waals surface area contributed by atoms with E-state index in [0.717, 1.165) is 0 Å². The number of rotatable bonds is 0. The third-order valence-corrected chi connectivity index (χ3v) is 0.830. The van der Waals surface area contributed by atoms with Gasteiger partial charge in [0.2, 0.25) is 0 Å². The zero-order valence-corrected chi connectivity index (χ0v) is 8.92. The molecule has 0 fully saturated rings. The normalized spacial score (nSPS) is 7.06. The van der Waals surface area contributed by atoms with Crippen molar-refractivity contribution in [2.45, 2.75) is 0 Å². The van der Waals surface area contributed by atoms with Gasteiger partial charge >= 0.3 is 16.8 Å². The van der Waals surface area contributed by atoms with Crippen LogP contribution < -0.4 is 0 Å². The van der Waals surface area contributed by atoms with Gasteiger partial charge in [0, 0.05) is 6.07 Å². The van der Waals surface area contributed by atoms with E-state index in [2.05, 4.69) is 0 Å². The molecule has 2 N–H and O–H groups in total. The predicted octanol–water partition coefficient (Wildman–Crippen LogP) is 0.617. The summed E-state index contributed by atoms with van der Waals surface area (Å²) < 4.78 is 0. The van der Waals surface area contributed by atoms with Crippen molar-refractivity contribution >= 4 is 0 Å². The van der Waals surface area contributed by atoms with E-state index in [1.807, 2.05) is 0 Å². The molecule has 0 saturated heterocycles. The average molecular weight is 293 g/mol. The van der Waals surface area contributed by atoms with Crippen LogP contribution in [0.2, 0.25) is 0 Å². The Hall–Kier alpha value is -2.27. The average Bonchev–Trinajstić information content (AvgIpc) is 2.00. The summed E-state index contributed by atoms with van der Waals surface area (Å²) >= 11 is 0. The molecule has 0 aliphatic heterocycles. The summed E-state index contributed by atoms with van der Waals surface area (Å²) in [4.78, 5) is 16.5. The topological polar surface area (TPSA) is 173 Å². The quantitative estimate of drug-likeness (QED) is 0.516. The molecule has 0 spiro atoms. The van der Waals surface area contributed by atoms with Crippen LogP contribution in [0.1, 0.15) is 0 Å². The van der Waals surface area contributed by atoms with E-state index in [-0.39, 0.29) is 28.3 Å². The summed E-state index contributed by atoms with van der Waals surface area (Å²) in [5, 5.41) is 46.8. The maximum atomic E-state index is 8.65. The molecule has 0 saturated carbocycles. The van der Waals surface area contributed by atoms with Crippen molar-refractivity contribution in [3.05, 3.63) is 54.9 Å². The Morgan fingerprint density at radius 1 is 0.882 bits per heavy atom. The molecule has 0 aliphatic rings. The van der Waals surface area contributed by atoms with E-state index in [0.29, 0.717) is 0 Å². The maximum absolute atomic E-state index is 8.65. The fourth-order valence-corrected chi connectivity index (χ4v) is 0.493. The molecule has 0 atom stereocenters. The molecule has 0 heterocycles. The van der Waals surface area contributed by atoms with Crippen molar-refractivity contribution in [1.29, 1.82) is 0 Å². The monoisotopic (exact) mass is 293 g/mol. The first kappa shape index (κ1) is 20.2. The van der Waals surface area contributed by atoms with Gasteiger partial charge in [-0.1, -0.05) is 6.07 Å². The van der Waals surface area contributed by atoms with Gasteiger partial charge in [0.05, 0.1) is 10.2 Å². The molecule has 0 aromatic heterocycles. The number of nitrogens with zero attached hydrogens (tertiary/aromatic N) is 2. The van der Waals surface area contributed by atoms with Crippen molar-refractivity contribution in [3.8, 4) is 11.5 Å². The Bertz CT molecular complexity index is 309. The van der Waals surface area contributed by atoms with Crippen molar-refractivity contribution < 1.29 is 37.2 Å². The smallest absolute Gasteiger partial charge is 0.508 e. The van der Waals surface area contributed by atoms with Crippen molar-refractivity contribution in [2.75, 3.05) is 0 Å². The minimum Gasteiger partial charge on any atom is -0.508 e. The molecule has 0 bridgehead atoms. The van der Waals surface area contributed by atoms with E-state index in [1.165, 1.54) is 18.2 Å². The predicted molar refractivity (Wildman–Crippen MR) is 50.5 cm³/mol. The number of phenolic OH excluding ortho intramolecular Hbond substituents is 2. The molecular formula is C6H6CoN2O8. The van der Waals surface area contributed by atoms with Gasteiger partial charge < -0.3 is 40.9 Å². The van der Waals surface area contributed by atoms with Crippen LogP contribution in [0, 0.1) is 30.6 Å². The molecule has 1 rings (SSSR count). The number of aromatic hydroxyl groups is 2. The van der Waals surface area contributed by atoms with Gasteiger partial charge in [-0.2, -0.15) is 0 Å². The minimum absolute atomic E-state index is 0. The first-order valence-corrected chi connectivity index (χ1v) is 3.36. The Labute approximate surface area is 104 Å². The van der Waals surface area contributed by atoms with E-state index in [9.17, 15) is 0 Å². The summed E-state index contributed by atoms with van der Waals surface area (Å²) in [5.74, 6) is 0.176. The van der Waals surface area contributed by atoms with E-state index in [4.69, 9.17) is 40.9 Å². The molecule has 0 unspecified atom stereocenters. The van der Waals surface area contributed by atoms with Gasteiger partial charge in [-0.15, -0.1) is 0 Å². The van der Waals surface area contributed by atoms with E-state index >= 15 is 0 Å². The summed E-state index contributed by atoms with van der Waals surface area (Å²) in [6, 6.07) is 5.85. The van der Waals surface area contributed by atoms with Crippen LogP contribution in [0.5, 0.6) is 11.5 Å². The SMILES string of the molecule is O=[N+]([O-])[O-].O=[N+]([O-])[O-].Oc1cccc(O)c1.[Co+2]. The number of phenols is 2. The maximum Gasteiger partial charge on any atom is 2.00 e. The Morgan fingerprint density at radius 2 is 1.12 bits per heavy atom. The molecule has 17 heavy (non-hydrogen) atoms. The molecule has 1 radical (unpaired) electrons. The molecule has 0 amide bonds. The van der Waals surface area contributed by atoms with Crippen molar-refractivity contribution in [2.24, 2.45) is 0 Å². The number of benzene rings is 1. The minimum atomic E-state index is -1.75. The molecular weight excluding hydrogens is 287 g/mol. The Kier molecular flexibility index (Phi) is 14.0. The summed E-state index contributed by atoms with van der Waals surface area (Å²) in [6.45, 7) is 0. The second-order valence-corrected chi connectivity index (χ2v) is 1.97.